The van der Waals surface area contributed by atoms with Gasteiger partial charge in [0.15, 0.2) is 0 Å². The molecule has 0 spiro atoms. The van der Waals surface area contributed by atoms with Crippen LogP contribution in [0.15, 0.2) is 30.6 Å². The molecule has 18 heavy (non-hydrogen) atoms. The van der Waals surface area contributed by atoms with Crippen LogP contribution in [0, 0.1) is 13.8 Å². The number of rotatable bonds is 3. The molecule has 0 unspecified atom stereocenters. The number of ether oxygens (including phenoxy) is 1. The van der Waals surface area contributed by atoms with Gasteiger partial charge in [-0.15, -0.1) is 0 Å². The lowest BCUT2D eigenvalue weighted by Gasteiger charge is -2.08. The van der Waals surface area contributed by atoms with Crippen molar-refractivity contribution in [1.29, 1.82) is 0 Å². The Kier molecular flexibility index (Phi) is 3.23. The summed E-state index contributed by atoms with van der Waals surface area (Å²) >= 11 is 0. The fourth-order valence-electron chi connectivity index (χ4n) is 1.49. The summed E-state index contributed by atoms with van der Waals surface area (Å²) in [5, 5.41) is 9.01. The Morgan fingerprint density at radius 2 is 1.89 bits per heavy atom. The quantitative estimate of drug-likeness (QED) is 0.898. The summed E-state index contributed by atoms with van der Waals surface area (Å²) in [7, 11) is 0. The molecule has 0 fully saturated rings. The number of hydrogen-bond donors (Lipinski definition) is 1. The molecular formula is C13H12N2O3. The van der Waals surface area contributed by atoms with Crippen LogP contribution < -0.4 is 4.74 Å². The minimum absolute atomic E-state index is 0.200. The van der Waals surface area contributed by atoms with Gasteiger partial charge in [-0.3, -0.25) is 0 Å². The molecule has 0 radical (unpaired) electrons. The average molecular weight is 244 g/mol. The Labute approximate surface area is 104 Å². The van der Waals surface area contributed by atoms with Gasteiger partial charge in [0.1, 0.15) is 5.75 Å². The second kappa shape index (κ2) is 4.83. The summed E-state index contributed by atoms with van der Waals surface area (Å²) in [5.41, 5.74) is 1.69. The summed E-state index contributed by atoms with van der Waals surface area (Å²) in [5.74, 6) is -0.540. The number of benzene rings is 1. The fraction of sp³-hybridized carbons (Fsp3) is 0.154. The molecule has 0 amide bonds. The van der Waals surface area contributed by atoms with Crippen molar-refractivity contribution >= 4 is 5.97 Å². The van der Waals surface area contributed by atoms with Gasteiger partial charge in [0.25, 0.3) is 0 Å². The van der Waals surface area contributed by atoms with Gasteiger partial charge in [-0.1, -0.05) is 6.07 Å². The second-order valence-corrected chi connectivity index (χ2v) is 3.88. The molecule has 2 aromatic rings. The fourth-order valence-corrected chi connectivity index (χ4v) is 1.49. The molecule has 1 heterocycles. The van der Waals surface area contributed by atoms with Crippen molar-refractivity contribution in [1.82, 2.24) is 9.97 Å². The van der Waals surface area contributed by atoms with Gasteiger partial charge in [0.05, 0.1) is 5.56 Å². The van der Waals surface area contributed by atoms with Gasteiger partial charge in [-0.05, 0) is 31.5 Å². The van der Waals surface area contributed by atoms with Crippen LogP contribution in [0.4, 0.5) is 0 Å². The predicted octanol–water partition coefficient (Wildman–Crippen LogP) is 2.58. The number of carbonyl (C=O) groups is 1. The number of hydrogen-bond acceptors (Lipinski definition) is 4. The minimum atomic E-state index is -0.984. The molecule has 0 aliphatic carbocycles. The van der Waals surface area contributed by atoms with E-state index in [2.05, 4.69) is 9.97 Å². The highest BCUT2D eigenvalue weighted by molar-refractivity contribution is 5.90. The van der Waals surface area contributed by atoms with Crippen molar-refractivity contribution in [2.24, 2.45) is 0 Å². The number of aryl methyl sites for hydroxylation is 1. The molecule has 1 aromatic heterocycles. The second-order valence-electron chi connectivity index (χ2n) is 3.88. The van der Waals surface area contributed by atoms with Gasteiger partial charge in [0, 0.05) is 18.0 Å². The lowest BCUT2D eigenvalue weighted by Crippen LogP contribution is -2.01. The van der Waals surface area contributed by atoms with E-state index in [9.17, 15) is 4.79 Å². The Bertz CT molecular complexity index is 579. The summed E-state index contributed by atoms with van der Waals surface area (Å²) < 4.78 is 5.47. The topological polar surface area (TPSA) is 72.3 Å². The average Bonchev–Trinajstić information content (AvgIpc) is 2.34. The predicted molar refractivity (Wildman–Crippen MR) is 65.0 cm³/mol. The molecule has 1 aromatic carbocycles. The minimum Gasteiger partial charge on any atom is -0.478 e. The third-order valence-electron chi connectivity index (χ3n) is 2.47. The van der Waals surface area contributed by atoms with Crippen molar-refractivity contribution in [3.8, 4) is 11.8 Å². The first-order chi connectivity index (χ1) is 8.58. The molecule has 5 heteroatoms. The van der Waals surface area contributed by atoms with Crippen molar-refractivity contribution in [2.75, 3.05) is 0 Å². The molecule has 92 valence electrons. The van der Waals surface area contributed by atoms with E-state index in [1.54, 1.807) is 31.5 Å². The Hall–Kier alpha value is -2.43. The summed E-state index contributed by atoms with van der Waals surface area (Å²) in [6.45, 7) is 3.56. The summed E-state index contributed by atoms with van der Waals surface area (Å²) in [6.07, 6.45) is 3.28. The Morgan fingerprint density at radius 3 is 2.50 bits per heavy atom. The molecular weight excluding hydrogens is 232 g/mol. The monoisotopic (exact) mass is 244 g/mol. The number of aromatic nitrogens is 2. The maximum atomic E-state index is 11.0. The highest BCUT2D eigenvalue weighted by Crippen LogP contribution is 2.24. The highest BCUT2D eigenvalue weighted by Gasteiger charge is 2.12. The first-order valence-electron chi connectivity index (χ1n) is 5.37. The zero-order valence-electron chi connectivity index (χ0n) is 10.0. The van der Waals surface area contributed by atoms with E-state index < -0.39 is 5.97 Å². The van der Waals surface area contributed by atoms with Gasteiger partial charge in [-0.2, -0.15) is 0 Å². The molecule has 0 atom stereocenters. The zero-order valence-corrected chi connectivity index (χ0v) is 10.0. The van der Waals surface area contributed by atoms with E-state index in [1.807, 2.05) is 6.92 Å². The molecule has 5 nitrogen and oxygen atoms in total. The first kappa shape index (κ1) is 12.0. The Morgan fingerprint density at radius 1 is 1.22 bits per heavy atom. The van der Waals surface area contributed by atoms with E-state index in [0.29, 0.717) is 11.3 Å². The largest absolute Gasteiger partial charge is 0.478 e. The lowest BCUT2D eigenvalue weighted by atomic mass is 10.1. The SMILES string of the molecule is Cc1cnc(Oc2cccc(C(=O)O)c2C)nc1. The van der Waals surface area contributed by atoms with Crippen LogP contribution >= 0.6 is 0 Å². The number of carboxylic acids is 1. The van der Waals surface area contributed by atoms with Crippen LogP contribution in [0.1, 0.15) is 21.5 Å². The van der Waals surface area contributed by atoms with Crippen molar-refractivity contribution in [3.05, 3.63) is 47.3 Å². The third-order valence-corrected chi connectivity index (χ3v) is 2.47. The van der Waals surface area contributed by atoms with E-state index in [0.717, 1.165) is 5.56 Å². The lowest BCUT2D eigenvalue weighted by molar-refractivity contribution is 0.0695. The van der Waals surface area contributed by atoms with Crippen LogP contribution in [0.2, 0.25) is 0 Å². The molecule has 2 rings (SSSR count). The van der Waals surface area contributed by atoms with E-state index >= 15 is 0 Å². The van der Waals surface area contributed by atoms with Crippen LogP contribution in [0.25, 0.3) is 0 Å². The van der Waals surface area contributed by atoms with Crippen molar-refractivity contribution in [3.63, 3.8) is 0 Å². The van der Waals surface area contributed by atoms with Gasteiger partial charge >= 0.3 is 12.0 Å². The van der Waals surface area contributed by atoms with E-state index in [-0.39, 0.29) is 11.6 Å². The third kappa shape index (κ3) is 2.45. The molecule has 0 saturated heterocycles. The maximum absolute atomic E-state index is 11.0. The van der Waals surface area contributed by atoms with Crippen molar-refractivity contribution < 1.29 is 14.6 Å². The first-order valence-corrected chi connectivity index (χ1v) is 5.37. The maximum Gasteiger partial charge on any atom is 0.336 e. The van der Waals surface area contributed by atoms with Gasteiger partial charge in [-0.25, -0.2) is 14.8 Å². The van der Waals surface area contributed by atoms with Gasteiger partial charge in [0.2, 0.25) is 0 Å². The smallest absolute Gasteiger partial charge is 0.336 e. The zero-order chi connectivity index (χ0) is 13.1. The van der Waals surface area contributed by atoms with E-state index in [1.165, 1.54) is 6.07 Å². The van der Waals surface area contributed by atoms with Gasteiger partial charge < -0.3 is 9.84 Å². The summed E-state index contributed by atoms with van der Waals surface area (Å²) in [4.78, 5) is 19.0. The van der Waals surface area contributed by atoms with Crippen molar-refractivity contribution in [2.45, 2.75) is 13.8 Å². The number of aromatic carboxylic acids is 1. The van der Waals surface area contributed by atoms with E-state index in [4.69, 9.17) is 9.84 Å². The summed E-state index contributed by atoms with van der Waals surface area (Å²) in [6, 6.07) is 5.04. The highest BCUT2D eigenvalue weighted by atomic mass is 16.5. The standard InChI is InChI=1S/C13H12N2O3/c1-8-6-14-13(15-7-8)18-11-5-3-4-10(9(11)2)12(16)17/h3-7H,1-2H3,(H,16,17). The molecule has 0 saturated carbocycles. The molecule has 0 bridgehead atoms. The number of nitrogens with zero attached hydrogens (tertiary/aromatic N) is 2. The Balaban J connectivity index is 2.32. The van der Waals surface area contributed by atoms with Crippen LogP contribution in [-0.2, 0) is 0 Å². The van der Waals surface area contributed by atoms with Crippen LogP contribution in [0.5, 0.6) is 11.8 Å². The van der Waals surface area contributed by atoms with Crippen LogP contribution in [-0.4, -0.2) is 21.0 Å². The number of carboxylic acid groups (broad SMARTS) is 1. The normalized spacial score (nSPS) is 10.1. The molecule has 1 N–H and O–H groups in total. The molecule has 0 aliphatic heterocycles. The molecule has 0 aliphatic rings. The van der Waals surface area contributed by atoms with Crippen LogP contribution in [0.3, 0.4) is 0 Å².